The second kappa shape index (κ2) is 6.28. The van der Waals surface area contributed by atoms with Gasteiger partial charge in [0.05, 0.1) is 13.2 Å². The Bertz CT molecular complexity index is 498. The minimum Gasteiger partial charge on any atom is -0.497 e. The lowest BCUT2D eigenvalue weighted by Gasteiger charge is -2.10. The third-order valence-corrected chi connectivity index (χ3v) is 2.86. The van der Waals surface area contributed by atoms with Crippen molar-refractivity contribution in [2.75, 3.05) is 7.11 Å². The molecule has 0 atom stereocenters. The second-order valence-corrected chi connectivity index (χ2v) is 4.84. The van der Waals surface area contributed by atoms with Gasteiger partial charge in [0, 0.05) is 0 Å². The molecule has 0 amide bonds. The average molecular weight is 256 g/mol. The van der Waals surface area contributed by atoms with Crippen molar-refractivity contribution in [2.45, 2.75) is 26.4 Å². The molecule has 0 aliphatic heterocycles. The second-order valence-electron chi connectivity index (χ2n) is 4.84. The number of ether oxygens (including phenoxy) is 2. The highest BCUT2D eigenvalue weighted by atomic mass is 16.5. The van der Waals surface area contributed by atoms with E-state index < -0.39 is 0 Å². The van der Waals surface area contributed by atoms with Gasteiger partial charge in [-0.2, -0.15) is 0 Å². The first-order valence-corrected chi connectivity index (χ1v) is 6.56. The number of hydrogen-bond donors (Lipinski definition) is 0. The third-order valence-electron chi connectivity index (χ3n) is 2.86. The van der Waals surface area contributed by atoms with Crippen molar-refractivity contribution in [1.82, 2.24) is 0 Å². The minimum atomic E-state index is 0.215. The zero-order valence-electron chi connectivity index (χ0n) is 11.7. The molecule has 2 rings (SSSR count). The summed E-state index contributed by atoms with van der Waals surface area (Å²) in [5, 5.41) is 0. The molecule has 2 heteroatoms. The van der Waals surface area contributed by atoms with Crippen molar-refractivity contribution in [2.24, 2.45) is 0 Å². The van der Waals surface area contributed by atoms with Gasteiger partial charge in [0.2, 0.25) is 0 Å². The van der Waals surface area contributed by atoms with Crippen molar-refractivity contribution >= 4 is 0 Å². The summed E-state index contributed by atoms with van der Waals surface area (Å²) >= 11 is 0. The van der Waals surface area contributed by atoms with Crippen LogP contribution in [0.2, 0.25) is 0 Å². The molecule has 0 unspecified atom stereocenters. The molecule has 0 spiro atoms. The van der Waals surface area contributed by atoms with E-state index in [1.165, 1.54) is 11.1 Å². The molecule has 0 aliphatic carbocycles. The summed E-state index contributed by atoms with van der Waals surface area (Å²) in [6, 6.07) is 16.5. The van der Waals surface area contributed by atoms with E-state index in [4.69, 9.17) is 9.47 Å². The Kier molecular flexibility index (Phi) is 4.45. The molecular weight excluding hydrogens is 236 g/mol. The molecule has 0 saturated carbocycles. The van der Waals surface area contributed by atoms with Gasteiger partial charge in [-0.15, -0.1) is 0 Å². The van der Waals surface area contributed by atoms with Crippen LogP contribution in [0.1, 0.15) is 25.0 Å². The average Bonchev–Trinajstić information content (AvgIpc) is 2.41. The van der Waals surface area contributed by atoms with E-state index >= 15 is 0 Å². The highest BCUT2D eigenvalue weighted by Gasteiger charge is 2.00. The van der Waals surface area contributed by atoms with Gasteiger partial charge in [-0.1, -0.05) is 24.3 Å². The number of hydrogen-bond acceptors (Lipinski definition) is 2. The van der Waals surface area contributed by atoms with Crippen LogP contribution in [-0.2, 0) is 6.42 Å². The Morgan fingerprint density at radius 2 is 1.26 bits per heavy atom. The number of rotatable bonds is 5. The fourth-order valence-corrected chi connectivity index (χ4v) is 1.94. The summed E-state index contributed by atoms with van der Waals surface area (Å²) in [6.07, 6.45) is 1.14. The lowest BCUT2D eigenvalue weighted by atomic mass is 10.0. The van der Waals surface area contributed by atoms with Crippen LogP contribution in [0, 0.1) is 0 Å². The van der Waals surface area contributed by atoms with Crippen LogP contribution in [-0.4, -0.2) is 13.2 Å². The molecule has 0 heterocycles. The molecule has 0 N–H and O–H groups in total. The van der Waals surface area contributed by atoms with Gasteiger partial charge in [0.15, 0.2) is 0 Å². The summed E-state index contributed by atoms with van der Waals surface area (Å²) in [5.74, 6) is 1.82. The van der Waals surface area contributed by atoms with Crippen LogP contribution in [0.25, 0.3) is 0 Å². The molecule has 2 aromatic rings. The first-order valence-electron chi connectivity index (χ1n) is 6.56. The van der Waals surface area contributed by atoms with Crippen molar-refractivity contribution in [1.29, 1.82) is 0 Å². The maximum absolute atomic E-state index is 5.63. The lowest BCUT2D eigenvalue weighted by molar-refractivity contribution is 0.242. The minimum absolute atomic E-state index is 0.215. The van der Waals surface area contributed by atoms with Crippen LogP contribution in [0.15, 0.2) is 48.5 Å². The Labute approximate surface area is 115 Å². The molecule has 0 radical (unpaired) electrons. The van der Waals surface area contributed by atoms with E-state index in [9.17, 15) is 0 Å². The molecule has 0 aliphatic rings. The van der Waals surface area contributed by atoms with Gasteiger partial charge in [-0.05, 0) is 55.7 Å². The maximum Gasteiger partial charge on any atom is 0.119 e. The normalized spacial score (nSPS) is 10.5. The summed E-state index contributed by atoms with van der Waals surface area (Å²) in [4.78, 5) is 0. The molecule has 0 bridgehead atoms. The first kappa shape index (κ1) is 13.5. The number of methoxy groups -OCH3 is 1. The van der Waals surface area contributed by atoms with Gasteiger partial charge >= 0.3 is 0 Å². The molecule has 2 nitrogen and oxygen atoms in total. The summed E-state index contributed by atoms with van der Waals surface area (Å²) < 4.78 is 10.8. The fraction of sp³-hybridized carbons (Fsp3) is 0.294. The zero-order valence-corrected chi connectivity index (χ0v) is 11.7. The standard InChI is InChI=1S/C17H20O2/c1-13(2)19-17-10-6-15(7-11-17)12-14-4-8-16(18-3)9-5-14/h4-11,13H,12H2,1-3H3. The highest BCUT2D eigenvalue weighted by molar-refractivity contribution is 5.34. The molecule has 0 aromatic heterocycles. The van der Waals surface area contributed by atoms with E-state index in [-0.39, 0.29) is 6.10 Å². The molecule has 0 saturated heterocycles. The quantitative estimate of drug-likeness (QED) is 0.802. The Balaban J connectivity index is 2.02. The predicted octanol–water partition coefficient (Wildman–Crippen LogP) is 4.07. The molecule has 19 heavy (non-hydrogen) atoms. The van der Waals surface area contributed by atoms with Crippen molar-refractivity contribution < 1.29 is 9.47 Å². The molecular formula is C17H20O2. The topological polar surface area (TPSA) is 18.5 Å². The van der Waals surface area contributed by atoms with Gasteiger partial charge in [-0.3, -0.25) is 0 Å². The molecule has 2 aromatic carbocycles. The van der Waals surface area contributed by atoms with E-state index in [1.54, 1.807) is 7.11 Å². The van der Waals surface area contributed by atoms with Gasteiger partial charge in [-0.25, -0.2) is 0 Å². The van der Waals surface area contributed by atoms with Crippen LogP contribution < -0.4 is 9.47 Å². The molecule has 0 fully saturated rings. The van der Waals surface area contributed by atoms with E-state index in [0.717, 1.165) is 17.9 Å². The lowest BCUT2D eigenvalue weighted by Crippen LogP contribution is -2.05. The van der Waals surface area contributed by atoms with Crippen LogP contribution in [0.4, 0.5) is 0 Å². The Morgan fingerprint density at radius 1 is 0.789 bits per heavy atom. The number of benzene rings is 2. The van der Waals surface area contributed by atoms with E-state index in [2.05, 4.69) is 24.3 Å². The van der Waals surface area contributed by atoms with Crippen LogP contribution >= 0.6 is 0 Å². The monoisotopic (exact) mass is 256 g/mol. The molecule has 100 valence electrons. The van der Waals surface area contributed by atoms with Crippen molar-refractivity contribution in [3.63, 3.8) is 0 Å². The third kappa shape index (κ3) is 4.02. The van der Waals surface area contributed by atoms with Gasteiger partial charge < -0.3 is 9.47 Å². The Morgan fingerprint density at radius 3 is 1.68 bits per heavy atom. The van der Waals surface area contributed by atoms with Crippen LogP contribution in [0.3, 0.4) is 0 Å². The van der Waals surface area contributed by atoms with Gasteiger partial charge in [0.25, 0.3) is 0 Å². The highest BCUT2D eigenvalue weighted by Crippen LogP contribution is 2.18. The summed E-state index contributed by atoms with van der Waals surface area (Å²) in [7, 11) is 1.68. The summed E-state index contributed by atoms with van der Waals surface area (Å²) in [5.41, 5.74) is 2.56. The van der Waals surface area contributed by atoms with E-state index in [1.807, 2.05) is 38.1 Å². The fourth-order valence-electron chi connectivity index (χ4n) is 1.94. The largest absolute Gasteiger partial charge is 0.497 e. The summed E-state index contributed by atoms with van der Waals surface area (Å²) in [6.45, 7) is 4.07. The predicted molar refractivity (Wildman–Crippen MR) is 78.0 cm³/mol. The van der Waals surface area contributed by atoms with Crippen molar-refractivity contribution in [3.8, 4) is 11.5 Å². The maximum atomic E-state index is 5.63. The zero-order chi connectivity index (χ0) is 13.7. The van der Waals surface area contributed by atoms with Crippen LogP contribution in [0.5, 0.6) is 11.5 Å². The van der Waals surface area contributed by atoms with Crippen molar-refractivity contribution in [3.05, 3.63) is 59.7 Å². The van der Waals surface area contributed by atoms with E-state index in [0.29, 0.717) is 0 Å². The Hall–Kier alpha value is -1.96. The first-order chi connectivity index (χ1) is 9.17. The smallest absolute Gasteiger partial charge is 0.119 e. The SMILES string of the molecule is COc1ccc(Cc2ccc(OC(C)C)cc2)cc1. The van der Waals surface area contributed by atoms with Gasteiger partial charge in [0.1, 0.15) is 11.5 Å².